The van der Waals surface area contributed by atoms with Gasteiger partial charge in [-0.1, -0.05) is 26.2 Å². The number of likely N-dealkylation sites (N-methyl/N-ethyl adjacent to an activating group) is 1. The SMILES string of the molecule is COc1ccc(NC(=O)Nc2ccc3c(c2)C(=O)N([C@@H](C)CO)C[C@@H](C)[C@@H](CN(C)CC2CCCCC2)OCCCC[C@@H](C)O3)cc1. The zero-order chi connectivity index (χ0) is 33.8. The first-order chi connectivity index (χ1) is 22.7. The maximum atomic E-state index is 14.4. The largest absolute Gasteiger partial charge is 0.497 e. The number of hydrogen-bond acceptors (Lipinski definition) is 7. The highest BCUT2D eigenvalue weighted by Gasteiger charge is 2.31. The number of methoxy groups -OCH3 is 1. The van der Waals surface area contributed by atoms with Gasteiger partial charge in [-0.15, -0.1) is 0 Å². The molecular formula is C37H56N4O6. The number of hydrogen-bond donors (Lipinski definition) is 3. The number of carbonyl (C=O) groups is 2. The van der Waals surface area contributed by atoms with Gasteiger partial charge in [0.2, 0.25) is 0 Å². The van der Waals surface area contributed by atoms with E-state index in [2.05, 4.69) is 29.5 Å². The van der Waals surface area contributed by atoms with Crippen molar-refractivity contribution in [1.82, 2.24) is 9.80 Å². The number of ether oxygens (including phenoxy) is 3. The Morgan fingerprint density at radius 2 is 1.68 bits per heavy atom. The second-order valence-corrected chi connectivity index (χ2v) is 13.5. The number of carbonyl (C=O) groups excluding carboxylic acids is 2. The molecule has 2 aromatic rings. The first-order valence-corrected chi connectivity index (χ1v) is 17.4. The Morgan fingerprint density at radius 1 is 1.00 bits per heavy atom. The summed E-state index contributed by atoms with van der Waals surface area (Å²) in [6, 6.07) is 11.3. The predicted octanol–water partition coefficient (Wildman–Crippen LogP) is 6.65. The van der Waals surface area contributed by atoms with E-state index in [-0.39, 0.29) is 30.6 Å². The molecule has 10 nitrogen and oxygen atoms in total. The molecule has 4 atom stereocenters. The van der Waals surface area contributed by atoms with Crippen LogP contribution in [0.4, 0.5) is 16.2 Å². The topological polar surface area (TPSA) is 113 Å². The molecular weight excluding hydrogens is 596 g/mol. The van der Waals surface area contributed by atoms with Crippen LogP contribution in [0.5, 0.6) is 11.5 Å². The smallest absolute Gasteiger partial charge is 0.323 e. The third-order valence-electron chi connectivity index (χ3n) is 9.44. The summed E-state index contributed by atoms with van der Waals surface area (Å²) in [5.41, 5.74) is 1.40. The highest BCUT2D eigenvalue weighted by molar-refractivity contribution is 6.02. The van der Waals surface area contributed by atoms with Crippen molar-refractivity contribution in [2.45, 2.75) is 90.4 Å². The third kappa shape index (κ3) is 11.1. The number of nitrogens with zero attached hydrogens (tertiary/aromatic N) is 2. The van der Waals surface area contributed by atoms with E-state index in [0.717, 1.165) is 38.3 Å². The Balaban J connectivity index is 1.55. The maximum absolute atomic E-state index is 14.4. The van der Waals surface area contributed by atoms with Gasteiger partial charge < -0.3 is 39.8 Å². The number of aliphatic hydroxyl groups excluding tert-OH is 1. The van der Waals surface area contributed by atoms with Crippen molar-refractivity contribution >= 4 is 23.3 Å². The average molecular weight is 653 g/mol. The molecule has 3 N–H and O–H groups in total. The Morgan fingerprint density at radius 3 is 2.38 bits per heavy atom. The van der Waals surface area contributed by atoms with E-state index < -0.39 is 12.1 Å². The Labute approximate surface area is 281 Å². The van der Waals surface area contributed by atoms with Crippen LogP contribution in [0.3, 0.4) is 0 Å². The van der Waals surface area contributed by atoms with Gasteiger partial charge in [0.1, 0.15) is 11.5 Å². The first-order valence-electron chi connectivity index (χ1n) is 17.4. The molecule has 2 aliphatic rings. The molecule has 2 aromatic carbocycles. The summed E-state index contributed by atoms with van der Waals surface area (Å²) in [6.45, 7) is 8.74. The third-order valence-corrected chi connectivity index (χ3v) is 9.44. The Kier molecular flexibility index (Phi) is 14.2. The number of rotatable bonds is 9. The van der Waals surface area contributed by atoms with Crippen molar-refractivity contribution < 1.29 is 28.9 Å². The summed E-state index contributed by atoms with van der Waals surface area (Å²) < 4.78 is 18.1. The van der Waals surface area contributed by atoms with Gasteiger partial charge in [-0.05, 0) is 101 Å². The number of aliphatic hydroxyl groups is 1. The lowest BCUT2D eigenvalue weighted by molar-refractivity contribution is -0.0190. The molecule has 0 saturated heterocycles. The summed E-state index contributed by atoms with van der Waals surface area (Å²) in [5, 5.41) is 15.9. The van der Waals surface area contributed by atoms with E-state index in [4.69, 9.17) is 14.2 Å². The van der Waals surface area contributed by atoms with E-state index in [9.17, 15) is 14.7 Å². The lowest BCUT2D eigenvalue weighted by Gasteiger charge is -2.36. The standard InChI is InChI=1S/C37H56N4O6/c1-26-22-41(27(2)25-42)36(43)33-21-31(39-37(44)38-30-14-17-32(45-5)18-15-30)16-19-34(33)47-28(3)11-9-10-20-46-35(26)24-40(4)23-29-12-7-6-8-13-29/h14-19,21,26-29,35,42H,6-13,20,22-25H2,1-5H3,(H2,38,39,44)/t26-,27+,28-,35-/m1/s1. The molecule has 1 saturated carbocycles. The van der Waals surface area contributed by atoms with Crippen molar-refractivity contribution in [1.29, 1.82) is 0 Å². The number of urea groups is 1. The molecule has 0 spiro atoms. The van der Waals surface area contributed by atoms with Crippen molar-refractivity contribution in [2.75, 3.05) is 57.6 Å². The lowest BCUT2D eigenvalue weighted by Crippen LogP contribution is -2.47. The molecule has 1 heterocycles. The van der Waals surface area contributed by atoms with Gasteiger partial charge in [0.25, 0.3) is 5.91 Å². The molecule has 1 aliphatic carbocycles. The summed E-state index contributed by atoms with van der Waals surface area (Å²) in [4.78, 5) is 31.4. The fourth-order valence-electron chi connectivity index (χ4n) is 6.62. The molecule has 0 aromatic heterocycles. The number of nitrogens with one attached hydrogen (secondary N) is 2. The summed E-state index contributed by atoms with van der Waals surface area (Å²) >= 11 is 0. The van der Waals surface area contributed by atoms with Crippen LogP contribution in [0.15, 0.2) is 42.5 Å². The van der Waals surface area contributed by atoms with Gasteiger partial charge >= 0.3 is 6.03 Å². The molecule has 0 radical (unpaired) electrons. The van der Waals surface area contributed by atoms with E-state index in [1.165, 1.54) is 32.1 Å². The minimum Gasteiger partial charge on any atom is -0.497 e. The number of anilines is 2. The molecule has 0 unspecified atom stereocenters. The average Bonchev–Trinajstić information content (AvgIpc) is 3.06. The van der Waals surface area contributed by atoms with Crippen molar-refractivity contribution in [3.05, 3.63) is 48.0 Å². The van der Waals surface area contributed by atoms with Crippen LogP contribution in [0.25, 0.3) is 0 Å². The molecule has 1 fully saturated rings. The highest BCUT2D eigenvalue weighted by Crippen LogP contribution is 2.29. The van der Waals surface area contributed by atoms with Crippen LogP contribution < -0.4 is 20.1 Å². The number of benzene rings is 2. The van der Waals surface area contributed by atoms with Gasteiger partial charge in [-0.3, -0.25) is 4.79 Å². The van der Waals surface area contributed by atoms with Crippen molar-refractivity contribution in [3.63, 3.8) is 0 Å². The van der Waals surface area contributed by atoms with Crippen LogP contribution in [0.1, 0.15) is 82.5 Å². The molecule has 4 rings (SSSR count). The van der Waals surface area contributed by atoms with E-state index in [1.54, 1.807) is 54.5 Å². The Bertz CT molecular complexity index is 1270. The van der Waals surface area contributed by atoms with Gasteiger partial charge in [0.05, 0.1) is 37.5 Å². The molecule has 1 aliphatic heterocycles. The molecule has 0 bridgehead atoms. The van der Waals surface area contributed by atoms with Crippen LogP contribution in [0, 0.1) is 11.8 Å². The summed E-state index contributed by atoms with van der Waals surface area (Å²) in [7, 11) is 3.77. The maximum Gasteiger partial charge on any atom is 0.323 e. The van der Waals surface area contributed by atoms with E-state index in [1.807, 2.05) is 13.8 Å². The van der Waals surface area contributed by atoms with Gasteiger partial charge in [-0.2, -0.15) is 0 Å². The quantitative estimate of drug-likeness (QED) is 0.278. The van der Waals surface area contributed by atoms with Crippen LogP contribution in [-0.4, -0.2) is 92.1 Å². The predicted molar refractivity (Wildman–Crippen MR) is 187 cm³/mol. The zero-order valence-electron chi connectivity index (χ0n) is 29.0. The fraction of sp³-hybridized carbons (Fsp3) is 0.622. The second kappa shape index (κ2) is 18.3. The number of amides is 3. The first kappa shape index (κ1) is 36.5. The minimum absolute atomic E-state index is 0.0181. The van der Waals surface area contributed by atoms with Gasteiger partial charge in [-0.25, -0.2) is 4.79 Å². The molecule has 10 heteroatoms. The second-order valence-electron chi connectivity index (χ2n) is 13.5. The zero-order valence-corrected chi connectivity index (χ0v) is 29.0. The lowest BCUT2D eigenvalue weighted by atomic mass is 9.89. The molecule has 260 valence electrons. The fourth-order valence-corrected chi connectivity index (χ4v) is 6.62. The van der Waals surface area contributed by atoms with Crippen LogP contribution in [0.2, 0.25) is 0 Å². The normalized spacial score (nSPS) is 22.5. The van der Waals surface area contributed by atoms with Crippen LogP contribution >= 0.6 is 0 Å². The molecule has 3 amide bonds. The van der Waals surface area contributed by atoms with Crippen molar-refractivity contribution in [2.24, 2.45) is 11.8 Å². The molecule has 47 heavy (non-hydrogen) atoms. The van der Waals surface area contributed by atoms with Crippen molar-refractivity contribution in [3.8, 4) is 11.5 Å². The monoisotopic (exact) mass is 652 g/mol. The summed E-state index contributed by atoms with van der Waals surface area (Å²) in [6.07, 6.45) is 9.08. The van der Waals surface area contributed by atoms with E-state index >= 15 is 0 Å². The highest BCUT2D eigenvalue weighted by atomic mass is 16.5. The van der Waals surface area contributed by atoms with E-state index in [0.29, 0.717) is 41.6 Å². The number of fused-ring (bicyclic) bond motifs is 1. The van der Waals surface area contributed by atoms with Gasteiger partial charge in [0.15, 0.2) is 0 Å². The summed E-state index contributed by atoms with van der Waals surface area (Å²) in [5.74, 6) is 1.64. The van der Waals surface area contributed by atoms with Gasteiger partial charge in [0, 0.05) is 43.5 Å². The minimum atomic E-state index is -0.440. The van der Waals surface area contributed by atoms with Crippen LogP contribution in [-0.2, 0) is 4.74 Å². The Hall–Kier alpha value is -3.34.